The van der Waals surface area contributed by atoms with Crippen molar-refractivity contribution in [1.29, 1.82) is 0 Å². The Labute approximate surface area is 112 Å². The van der Waals surface area contributed by atoms with Gasteiger partial charge in [-0.1, -0.05) is 12.1 Å². The molecule has 0 fully saturated rings. The molecule has 0 spiro atoms. The second kappa shape index (κ2) is 5.14. The highest BCUT2D eigenvalue weighted by Gasteiger charge is 2.18. The van der Waals surface area contributed by atoms with Gasteiger partial charge in [0, 0.05) is 11.8 Å². The van der Waals surface area contributed by atoms with E-state index >= 15 is 0 Å². The molecule has 2 rings (SSSR count). The minimum Gasteiger partial charge on any atom is -0.432 e. The third-order valence-corrected chi connectivity index (χ3v) is 2.87. The Morgan fingerprint density at radius 3 is 2.67 bits per heavy atom. The van der Waals surface area contributed by atoms with Gasteiger partial charge in [-0.25, -0.2) is 4.98 Å². The average molecular weight is 309 g/mol. The fourth-order valence-corrected chi connectivity index (χ4v) is 1.74. The quantitative estimate of drug-likeness (QED) is 0.638. The molecule has 0 aliphatic heterocycles. The van der Waals surface area contributed by atoms with Crippen molar-refractivity contribution in [2.75, 3.05) is 0 Å². The van der Waals surface area contributed by atoms with E-state index in [4.69, 9.17) is 4.74 Å². The molecule has 0 aliphatic rings. The Morgan fingerprint density at radius 1 is 1.28 bits per heavy atom. The maximum absolute atomic E-state index is 10.9. The fraction of sp³-hybridized carbons (Fsp3) is 0.0833. The number of hydrogen-bond donors (Lipinski definition) is 0. The van der Waals surface area contributed by atoms with E-state index in [2.05, 4.69) is 20.9 Å². The number of aromatic nitrogens is 1. The molecule has 0 atom stereocenters. The van der Waals surface area contributed by atoms with Crippen molar-refractivity contribution in [1.82, 2.24) is 4.98 Å². The highest BCUT2D eigenvalue weighted by Crippen LogP contribution is 2.33. The van der Waals surface area contributed by atoms with Gasteiger partial charge in [0.2, 0.25) is 0 Å². The molecule has 2 aromatic rings. The number of para-hydroxylation sites is 1. The predicted octanol–water partition coefficient (Wildman–Crippen LogP) is 3.85. The van der Waals surface area contributed by atoms with Crippen LogP contribution in [0.2, 0.25) is 0 Å². The summed E-state index contributed by atoms with van der Waals surface area (Å²) in [5.41, 5.74) is 0.499. The standard InChI is InChI=1S/C12H9BrN2O3/c1-8-6-7-10(15(16)17)12(14-8)18-11-5-3-2-4-9(11)13/h2-7H,1H3. The van der Waals surface area contributed by atoms with Crippen molar-refractivity contribution in [3.63, 3.8) is 0 Å². The molecule has 92 valence electrons. The summed E-state index contributed by atoms with van der Waals surface area (Å²) in [5.74, 6) is 0.477. The fourth-order valence-electron chi connectivity index (χ4n) is 1.37. The van der Waals surface area contributed by atoms with Crippen LogP contribution in [-0.2, 0) is 0 Å². The molecule has 1 heterocycles. The van der Waals surface area contributed by atoms with Crippen LogP contribution in [0.3, 0.4) is 0 Å². The summed E-state index contributed by atoms with van der Waals surface area (Å²) < 4.78 is 6.19. The monoisotopic (exact) mass is 308 g/mol. The van der Waals surface area contributed by atoms with Gasteiger partial charge in [-0.3, -0.25) is 10.1 Å². The Bertz CT molecular complexity index is 602. The third-order valence-electron chi connectivity index (χ3n) is 2.22. The number of ether oxygens (including phenoxy) is 1. The van der Waals surface area contributed by atoms with Crippen molar-refractivity contribution in [3.8, 4) is 11.6 Å². The van der Waals surface area contributed by atoms with Crippen LogP contribution in [0, 0.1) is 17.0 Å². The predicted molar refractivity (Wildman–Crippen MR) is 69.8 cm³/mol. The molecule has 0 unspecified atom stereocenters. The molecule has 0 N–H and O–H groups in total. The van der Waals surface area contributed by atoms with Crippen LogP contribution in [0.25, 0.3) is 0 Å². The second-order valence-electron chi connectivity index (χ2n) is 3.57. The van der Waals surface area contributed by atoms with Crippen LogP contribution in [0.4, 0.5) is 5.69 Å². The van der Waals surface area contributed by atoms with Crippen molar-refractivity contribution < 1.29 is 9.66 Å². The zero-order chi connectivity index (χ0) is 13.1. The zero-order valence-corrected chi connectivity index (χ0v) is 11.0. The Balaban J connectivity index is 2.42. The minimum atomic E-state index is -0.515. The van der Waals surface area contributed by atoms with E-state index < -0.39 is 4.92 Å². The smallest absolute Gasteiger partial charge is 0.331 e. The third kappa shape index (κ3) is 2.65. The van der Waals surface area contributed by atoms with Gasteiger partial charge >= 0.3 is 5.69 Å². The topological polar surface area (TPSA) is 65.3 Å². The largest absolute Gasteiger partial charge is 0.432 e. The maximum atomic E-state index is 10.9. The van der Waals surface area contributed by atoms with Crippen molar-refractivity contribution >= 4 is 21.6 Å². The molecule has 6 heteroatoms. The molecule has 0 amide bonds. The Hall–Kier alpha value is -1.95. The van der Waals surface area contributed by atoms with Crippen LogP contribution < -0.4 is 4.74 Å². The van der Waals surface area contributed by atoms with Gasteiger partial charge in [0.25, 0.3) is 5.88 Å². The van der Waals surface area contributed by atoms with Crippen LogP contribution >= 0.6 is 15.9 Å². The summed E-state index contributed by atoms with van der Waals surface area (Å²) in [6.07, 6.45) is 0. The first-order chi connectivity index (χ1) is 8.58. The molecular formula is C12H9BrN2O3. The summed E-state index contributed by atoms with van der Waals surface area (Å²) >= 11 is 3.31. The molecule has 0 radical (unpaired) electrons. The van der Waals surface area contributed by atoms with Gasteiger partial charge in [-0.15, -0.1) is 0 Å². The molecule has 18 heavy (non-hydrogen) atoms. The van der Waals surface area contributed by atoms with E-state index in [0.717, 1.165) is 0 Å². The van der Waals surface area contributed by atoms with E-state index in [-0.39, 0.29) is 11.6 Å². The lowest BCUT2D eigenvalue weighted by Gasteiger charge is -2.07. The molecule has 0 saturated carbocycles. The number of nitro groups is 1. The highest BCUT2D eigenvalue weighted by molar-refractivity contribution is 9.10. The number of aryl methyl sites for hydroxylation is 1. The lowest BCUT2D eigenvalue weighted by Crippen LogP contribution is -1.97. The van der Waals surface area contributed by atoms with Crippen molar-refractivity contribution in [2.45, 2.75) is 6.92 Å². The molecule has 5 nitrogen and oxygen atoms in total. The van der Waals surface area contributed by atoms with Crippen LogP contribution in [0.5, 0.6) is 11.6 Å². The van der Waals surface area contributed by atoms with Crippen LogP contribution in [0.1, 0.15) is 5.69 Å². The lowest BCUT2D eigenvalue weighted by molar-refractivity contribution is -0.386. The van der Waals surface area contributed by atoms with Crippen LogP contribution in [-0.4, -0.2) is 9.91 Å². The molecule has 0 saturated heterocycles. The highest BCUT2D eigenvalue weighted by atomic mass is 79.9. The van der Waals surface area contributed by atoms with Gasteiger partial charge in [0.05, 0.1) is 9.40 Å². The first kappa shape index (κ1) is 12.5. The number of nitrogens with zero attached hydrogens (tertiary/aromatic N) is 2. The zero-order valence-electron chi connectivity index (χ0n) is 9.46. The van der Waals surface area contributed by atoms with Gasteiger partial charge in [0.15, 0.2) is 0 Å². The van der Waals surface area contributed by atoms with E-state index in [1.165, 1.54) is 6.07 Å². The first-order valence-electron chi connectivity index (χ1n) is 5.12. The first-order valence-corrected chi connectivity index (χ1v) is 5.91. The summed E-state index contributed by atoms with van der Waals surface area (Å²) in [5, 5.41) is 10.9. The number of hydrogen-bond acceptors (Lipinski definition) is 4. The molecule has 1 aromatic carbocycles. The minimum absolute atomic E-state index is 0.00750. The second-order valence-corrected chi connectivity index (χ2v) is 4.42. The van der Waals surface area contributed by atoms with E-state index in [0.29, 0.717) is 15.9 Å². The summed E-state index contributed by atoms with van der Waals surface area (Å²) in [6.45, 7) is 1.75. The molecular weight excluding hydrogens is 300 g/mol. The average Bonchev–Trinajstić information content (AvgIpc) is 2.32. The van der Waals surface area contributed by atoms with E-state index in [9.17, 15) is 10.1 Å². The normalized spacial score (nSPS) is 10.1. The molecule has 1 aromatic heterocycles. The van der Waals surface area contributed by atoms with Crippen LogP contribution in [0.15, 0.2) is 40.9 Å². The van der Waals surface area contributed by atoms with Crippen molar-refractivity contribution in [3.05, 3.63) is 56.7 Å². The molecule has 0 bridgehead atoms. The maximum Gasteiger partial charge on any atom is 0.331 e. The number of halogens is 1. The summed E-state index contributed by atoms with van der Waals surface area (Å²) in [7, 11) is 0. The summed E-state index contributed by atoms with van der Waals surface area (Å²) in [4.78, 5) is 14.4. The Kier molecular flexibility index (Phi) is 3.57. The van der Waals surface area contributed by atoms with Gasteiger partial charge in [-0.2, -0.15) is 0 Å². The van der Waals surface area contributed by atoms with Crippen molar-refractivity contribution in [2.24, 2.45) is 0 Å². The van der Waals surface area contributed by atoms with Gasteiger partial charge < -0.3 is 4.74 Å². The van der Waals surface area contributed by atoms with Gasteiger partial charge in [0.1, 0.15) is 5.75 Å². The van der Waals surface area contributed by atoms with E-state index in [1.54, 1.807) is 31.2 Å². The SMILES string of the molecule is Cc1ccc([N+](=O)[O-])c(Oc2ccccc2Br)n1. The number of pyridine rings is 1. The van der Waals surface area contributed by atoms with E-state index in [1.807, 2.05) is 6.07 Å². The number of benzene rings is 1. The lowest BCUT2D eigenvalue weighted by atomic mass is 10.3. The number of rotatable bonds is 3. The summed E-state index contributed by atoms with van der Waals surface area (Å²) in [6, 6.07) is 10.1. The van der Waals surface area contributed by atoms with Gasteiger partial charge in [-0.05, 0) is 41.1 Å². The Morgan fingerprint density at radius 2 is 2.00 bits per heavy atom. The molecule has 0 aliphatic carbocycles.